The number of anilines is 2. The molecular weight excluding hydrogens is 398 g/mol. The summed E-state index contributed by atoms with van der Waals surface area (Å²) in [6, 6.07) is 12.9. The number of hydrogen-bond acceptors (Lipinski definition) is 3. The lowest BCUT2D eigenvalue weighted by Crippen LogP contribution is -2.41. The fourth-order valence-corrected chi connectivity index (χ4v) is 3.43. The van der Waals surface area contributed by atoms with Crippen molar-refractivity contribution in [1.82, 2.24) is 4.90 Å². The molecule has 0 bridgehead atoms. The van der Waals surface area contributed by atoms with Gasteiger partial charge in [-0.3, -0.25) is 9.59 Å². The Morgan fingerprint density at radius 3 is 2.30 bits per heavy atom. The molecular formula is C24H32ClN3O2. The van der Waals surface area contributed by atoms with Gasteiger partial charge in [0.25, 0.3) is 5.91 Å². The van der Waals surface area contributed by atoms with Crippen LogP contribution in [0.3, 0.4) is 0 Å². The van der Waals surface area contributed by atoms with E-state index in [-0.39, 0.29) is 23.8 Å². The van der Waals surface area contributed by atoms with Crippen LogP contribution in [0.25, 0.3) is 0 Å². The highest BCUT2D eigenvalue weighted by Crippen LogP contribution is 2.28. The Bertz CT molecular complexity index is 896. The number of hydrogen-bond donors (Lipinski definition) is 1. The molecule has 0 fully saturated rings. The molecule has 0 heterocycles. The zero-order chi connectivity index (χ0) is 22.4. The van der Waals surface area contributed by atoms with Crippen LogP contribution in [-0.2, 0) is 11.3 Å². The molecule has 0 aromatic heterocycles. The van der Waals surface area contributed by atoms with Gasteiger partial charge in [-0.1, -0.05) is 44.5 Å². The fraction of sp³-hybridized carbons (Fsp3) is 0.417. The van der Waals surface area contributed by atoms with Gasteiger partial charge in [0.05, 0.1) is 10.6 Å². The smallest absolute Gasteiger partial charge is 0.255 e. The Hall–Kier alpha value is -2.53. The largest absolute Gasteiger partial charge is 0.377 e. The van der Waals surface area contributed by atoms with Crippen molar-refractivity contribution in [3.05, 3.63) is 58.6 Å². The molecule has 30 heavy (non-hydrogen) atoms. The van der Waals surface area contributed by atoms with Gasteiger partial charge in [-0.05, 0) is 48.7 Å². The van der Waals surface area contributed by atoms with Crippen LogP contribution in [-0.4, -0.2) is 36.9 Å². The Morgan fingerprint density at radius 1 is 1.07 bits per heavy atom. The molecule has 0 aliphatic heterocycles. The Balaban J connectivity index is 2.48. The molecule has 6 heteroatoms. The minimum atomic E-state index is -0.102. The SMILES string of the molecule is CCC(=O)Nc1ccc(N(C)C)c(CN(C(=O)c2ccccc2Cl)C(C)C(C)C)c1. The third kappa shape index (κ3) is 5.76. The van der Waals surface area contributed by atoms with Gasteiger partial charge in [-0.2, -0.15) is 0 Å². The van der Waals surface area contributed by atoms with E-state index in [0.717, 1.165) is 16.9 Å². The third-order valence-electron chi connectivity index (χ3n) is 5.33. The highest BCUT2D eigenvalue weighted by Gasteiger charge is 2.26. The van der Waals surface area contributed by atoms with Crippen molar-refractivity contribution in [3.8, 4) is 0 Å². The van der Waals surface area contributed by atoms with Crippen molar-refractivity contribution in [2.45, 2.75) is 46.7 Å². The molecule has 162 valence electrons. The molecule has 0 saturated heterocycles. The number of nitrogens with one attached hydrogen (secondary N) is 1. The second-order valence-electron chi connectivity index (χ2n) is 8.04. The number of carbonyl (C=O) groups is 2. The van der Waals surface area contributed by atoms with E-state index in [1.54, 1.807) is 12.1 Å². The van der Waals surface area contributed by atoms with Crippen LogP contribution in [0.5, 0.6) is 0 Å². The molecule has 5 nitrogen and oxygen atoms in total. The van der Waals surface area contributed by atoms with Crippen molar-refractivity contribution in [1.29, 1.82) is 0 Å². The first-order valence-corrected chi connectivity index (χ1v) is 10.7. The molecule has 2 aromatic rings. The monoisotopic (exact) mass is 429 g/mol. The lowest BCUT2D eigenvalue weighted by Gasteiger charge is -2.33. The first-order chi connectivity index (χ1) is 14.1. The van der Waals surface area contributed by atoms with Crippen LogP contribution in [0.15, 0.2) is 42.5 Å². The van der Waals surface area contributed by atoms with E-state index in [1.807, 2.05) is 61.2 Å². The minimum absolute atomic E-state index is 0.00215. The maximum absolute atomic E-state index is 13.5. The second kappa shape index (κ2) is 10.5. The van der Waals surface area contributed by atoms with Crippen LogP contribution in [0.2, 0.25) is 5.02 Å². The van der Waals surface area contributed by atoms with Gasteiger partial charge in [-0.25, -0.2) is 0 Å². The van der Waals surface area contributed by atoms with Crippen molar-refractivity contribution in [3.63, 3.8) is 0 Å². The summed E-state index contributed by atoms with van der Waals surface area (Å²) in [4.78, 5) is 29.2. The second-order valence-corrected chi connectivity index (χ2v) is 8.44. The molecule has 2 amide bonds. The Morgan fingerprint density at radius 2 is 1.73 bits per heavy atom. The molecule has 2 rings (SSSR count). The highest BCUT2D eigenvalue weighted by atomic mass is 35.5. The van der Waals surface area contributed by atoms with E-state index < -0.39 is 0 Å². The predicted octanol–water partition coefficient (Wildman–Crippen LogP) is 5.44. The summed E-state index contributed by atoms with van der Waals surface area (Å²) in [5.74, 6) is 0.120. The number of nitrogens with zero attached hydrogens (tertiary/aromatic N) is 2. The lowest BCUT2D eigenvalue weighted by atomic mass is 10.0. The average molecular weight is 430 g/mol. The zero-order valence-corrected chi connectivity index (χ0v) is 19.5. The highest BCUT2D eigenvalue weighted by molar-refractivity contribution is 6.33. The van der Waals surface area contributed by atoms with E-state index in [2.05, 4.69) is 26.1 Å². The summed E-state index contributed by atoms with van der Waals surface area (Å²) in [6.07, 6.45) is 0.409. The topological polar surface area (TPSA) is 52.7 Å². The summed E-state index contributed by atoms with van der Waals surface area (Å²) in [5, 5.41) is 3.36. The first-order valence-electron chi connectivity index (χ1n) is 10.3. The van der Waals surface area contributed by atoms with Crippen LogP contribution in [0.4, 0.5) is 11.4 Å². The van der Waals surface area contributed by atoms with Crippen molar-refractivity contribution >= 4 is 34.8 Å². The van der Waals surface area contributed by atoms with E-state index >= 15 is 0 Å². The maximum atomic E-state index is 13.5. The van der Waals surface area contributed by atoms with Gasteiger partial charge in [0.2, 0.25) is 5.91 Å². The van der Waals surface area contributed by atoms with Gasteiger partial charge in [-0.15, -0.1) is 0 Å². The van der Waals surface area contributed by atoms with E-state index in [4.69, 9.17) is 11.6 Å². The van der Waals surface area contributed by atoms with Crippen LogP contribution < -0.4 is 10.2 Å². The number of benzene rings is 2. The summed E-state index contributed by atoms with van der Waals surface area (Å²) in [6.45, 7) is 8.48. The van der Waals surface area contributed by atoms with Gasteiger partial charge >= 0.3 is 0 Å². The summed E-state index contributed by atoms with van der Waals surface area (Å²) < 4.78 is 0. The lowest BCUT2D eigenvalue weighted by molar-refractivity contribution is -0.115. The summed E-state index contributed by atoms with van der Waals surface area (Å²) in [5.41, 5.74) is 3.18. The normalized spacial score (nSPS) is 11.9. The van der Waals surface area contributed by atoms with Gasteiger partial charge in [0.1, 0.15) is 0 Å². The number of halogens is 1. The number of carbonyl (C=O) groups excluding carboxylic acids is 2. The van der Waals surface area contributed by atoms with E-state index in [0.29, 0.717) is 23.6 Å². The molecule has 2 aromatic carbocycles. The molecule has 0 aliphatic carbocycles. The number of rotatable bonds is 8. The van der Waals surface area contributed by atoms with Crippen molar-refractivity contribution < 1.29 is 9.59 Å². The molecule has 1 atom stereocenters. The quantitative estimate of drug-likeness (QED) is 0.607. The molecule has 0 aliphatic rings. The van der Waals surface area contributed by atoms with Gasteiger partial charge < -0.3 is 15.1 Å². The first kappa shape index (κ1) is 23.7. The van der Waals surface area contributed by atoms with Crippen molar-refractivity contribution in [2.24, 2.45) is 5.92 Å². The van der Waals surface area contributed by atoms with E-state index in [1.165, 1.54) is 0 Å². The zero-order valence-electron chi connectivity index (χ0n) is 18.7. The van der Waals surface area contributed by atoms with Crippen LogP contribution in [0.1, 0.15) is 50.0 Å². The van der Waals surface area contributed by atoms with Gasteiger partial charge in [0.15, 0.2) is 0 Å². The summed E-state index contributed by atoms with van der Waals surface area (Å²) >= 11 is 6.33. The van der Waals surface area contributed by atoms with E-state index in [9.17, 15) is 9.59 Å². The molecule has 0 spiro atoms. The summed E-state index contributed by atoms with van der Waals surface area (Å²) in [7, 11) is 3.93. The maximum Gasteiger partial charge on any atom is 0.255 e. The standard InChI is InChI=1S/C24H32ClN3O2/c1-7-23(29)26-19-12-13-22(27(5)6)18(14-19)15-28(17(4)16(2)3)24(30)20-10-8-9-11-21(20)25/h8-14,16-17H,7,15H2,1-6H3,(H,26,29). The molecule has 0 saturated carbocycles. The minimum Gasteiger partial charge on any atom is -0.377 e. The van der Waals surface area contributed by atoms with Crippen LogP contribution >= 0.6 is 11.6 Å². The Kier molecular flexibility index (Phi) is 8.30. The average Bonchev–Trinajstić information content (AvgIpc) is 2.71. The number of amides is 2. The van der Waals surface area contributed by atoms with Gasteiger partial charge in [0, 0.05) is 44.5 Å². The third-order valence-corrected chi connectivity index (χ3v) is 5.66. The van der Waals surface area contributed by atoms with Crippen LogP contribution in [0, 0.1) is 5.92 Å². The molecule has 1 unspecified atom stereocenters. The molecule has 1 N–H and O–H groups in total. The predicted molar refractivity (Wildman–Crippen MR) is 125 cm³/mol. The molecule has 0 radical (unpaired) electrons. The Labute approximate surface area is 185 Å². The fourth-order valence-electron chi connectivity index (χ4n) is 3.21. The van der Waals surface area contributed by atoms with Crippen molar-refractivity contribution in [2.75, 3.05) is 24.3 Å².